The molecule has 2 amide bonds. The Hall–Kier alpha value is -1.51. The molecule has 0 aliphatic carbocycles. The van der Waals surface area contributed by atoms with Crippen LogP contribution in [-0.4, -0.2) is 24.5 Å². The standard InChI is InChI=1S/C11H16N2O/c1-4-13(3)11(14)12-10-8-6-5-7-9(10)2/h5-8H,4H2,1-3H3,(H,12,14). The topological polar surface area (TPSA) is 32.3 Å². The van der Waals surface area contributed by atoms with E-state index in [1.54, 1.807) is 11.9 Å². The lowest BCUT2D eigenvalue weighted by molar-refractivity contribution is 0.224. The average molecular weight is 192 g/mol. The van der Waals surface area contributed by atoms with Crippen LogP contribution in [0.2, 0.25) is 0 Å². The van der Waals surface area contributed by atoms with Crippen molar-refractivity contribution in [2.75, 3.05) is 18.9 Å². The van der Waals surface area contributed by atoms with Gasteiger partial charge < -0.3 is 10.2 Å². The van der Waals surface area contributed by atoms with Gasteiger partial charge in [-0.1, -0.05) is 18.2 Å². The molecule has 0 bridgehead atoms. The molecule has 0 radical (unpaired) electrons. The zero-order valence-corrected chi connectivity index (χ0v) is 8.87. The maximum absolute atomic E-state index is 11.5. The number of benzene rings is 1. The van der Waals surface area contributed by atoms with Crippen molar-refractivity contribution >= 4 is 11.7 Å². The molecule has 1 N–H and O–H groups in total. The molecule has 0 saturated heterocycles. The number of anilines is 1. The van der Waals surface area contributed by atoms with Gasteiger partial charge in [-0.15, -0.1) is 0 Å². The van der Waals surface area contributed by atoms with Crippen LogP contribution < -0.4 is 5.32 Å². The van der Waals surface area contributed by atoms with Crippen LogP contribution >= 0.6 is 0 Å². The summed E-state index contributed by atoms with van der Waals surface area (Å²) in [7, 11) is 1.77. The van der Waals surface area contributed by atoms with Gasteiger partial charge in [0.15, 0.2) is 0 Å². The van der Waals surface area contributed by atoms with Gasteiger partial charge in [0.25, 0.3) is 0 Å². The van der Waals surface area contributed by atoms with Gasteiger partial charge in [0.1, 0.15) is 0 Å². The number of hydrogen-bond acceptors (Lipinski definition) is 1. The molecule has 0 spiro atoms. The Bertz CT molecular complexity index is 323. The number of para-hydroxylation sites is 1. The fraction of sp³-hybridized carbons (Fsp3) is 0.364. The maximum Gasteiger partial charge on any atom is 0.321 e. The third-order valence-electron chi connectivity index (χ3n) is 2.21. The fourth-order valence-electron chi connectivity index (χ4n) is 1.07. The van der Waals surface area contributed by atoms with Crippen LogP contribution in [0.3, 0.4) is 0 Å². The SMILES string of the molecule is CCN(C)C(=O)Nc1ccccc1C. The number of aryl methyl sites for hydroxylation is 1. The second kappa shape index (κ2) is 4.65. The van der Waals surface area contributed by atoms with Crippen molar-refractivity contribution in [1.29, 1.82) is 0 Å². The molecule has 0 aromatic heterocycles. The molecule has 0 fully saturated rings. The number of hydrogen-bond donors (Lipinski definition) is 1. The molecular weight excluding hydrogens is 176 g/mol. The minimum absolute atomic E-state index is 0.0678. The van der Waals surface area contributed by atoms with Gasteiger partial charge in [-0.25, -0.2) is 4.79 Å². The lowest BCUT2D eigenvalue weighted by Gasteiger charge is -2.16. The number of nitrogens with one attached hydrogen (secondary N) is 1. The molecule has 0 heterocycles. The van der Waals surface area contributed by atoms with Crippen LogP contribution in [0.1, 0.15) is 12.5 Å². The Morgan fingerprint density at radius 2 is 2.07 bits per heavy atom. The van der Waals surface area contributed by atoms with E-state index >= 15 is 0 Å². The van der Waals surface area contributed by atoms with E-state index < -0.39 is 0 Å². The lowest BCUT2D eigenvalue weighted by atomic mass is 10.2. The van der Waals surface area contributed by atoms with Crippen molar-refractivity contribution in [3.63, 3.8) is 0 Å². The first-order chi connectivity index (χ1) is 6.65. The quantitative estimate of drug-likeness (QED) is 0.767. The van der Waals surface area contributed by atoms with E-state index in [-0.39, 0.29) is 6.03 Å². The molecule has 76 valence electrons. The zero-order valence-electron chi connectivity index (χ0n) is 8.87. The van der Waals surface area contributed by atoms with Gasteiger partial charge >= 0.3 is 6.03 Å². The normalized spacial score (nSPS) is 9.64. The third kappa shape index (κ3) is 2.49. The van der Waals surface area contributed by atoms with Crippen LogP contribution in [0.4, 0.5) is 10.5 Å². The second-order valence-corrected chi connectivity index (χ2v) is 3.26. The van der Waals surface area contributed by atoms with E-state index in [0.717, 1.165) is 11.3 Å². The smallest absolute Gasteiger partial charge is 0.321 e. The van der Waals surface area contributed by atoms with Gasteiger partial charge in [0.05, 0.1) is 0 Å². The van der Waals surface area contributed by atoms with Crippen molar-refractivity contribution in [1.82, 2.24) is 4.90 Å². The lowest BCUT2D eigenvalue weighted by Crippen LogP contribution is -2.31. The van der Waals surface area contributed by atoms with Gasteiger partial charge in [0, 0.05) is 19.3 Å². The van der Waals surface area contributed by atoms with E-state index in [4.69, 9.17) is 0 Å². The fourth-order valence-corrected chi connectivity index (χ4v) is 1.07. The predicted molar refractivity (Wildman–Crippen MR) is 58.5 cm³/mol. The van der Waals surface area contributed by atoms with E-state index in [9.17, 15) is 4.79 Å². The molecule has 1 aromatic carbocycles. The summed E-state index contributed by atoms with van der Waals surface area (Å²) < 4.78 is 0. The molecule has 0 aliphatic heterocycles. The van der Waals surface area contributed by atoms with Crippen LogP contribution in [0, 0.1) is 6.92 Å². The molecule has 14 heavy (non-hydrogen) atoms. The summed E-state index contributed by atoms with van der Waals surface area (Å²) in [5, 5.41) is 2.85. The molecule has 0 aliphatic rings. The van der Waals surface area contributed by atoms with Crippen LogP contribution in [-0.2, 0) is 0 Å². The van der Waals surface area contributed by atoms with Gasteiger partial charge in [0.2, 0.25) is 0 Å². The Balaban J connectivity index is 2.70. The van der Waals surface area contributed by atoms with Gasteiger partial charge in [-0.2, -0.15) is 0 Å². The highest BCUT2D eigenvalue weighted by molar-refractivity contribution is 5.89. The van der Waals surface area contributed by atoms with Crippen LogP contribution in [0.15, 0.2) is 24.3 Å². The van der Waals surface area contributed by atoms with E-state index in [2.05, 4.69) is 5.32 Å². The van der Waals surface area contributed by atoms with E-state index in [1.165, 1.54) is 0 Å². The van der Waals surface area contributed by atoms with Crippen LogP contribution in [0.25, 0.3) is 0 Å². The first kappa shape index (κ1) is 10.6. The van der Waals surface area contributed by atoms with E-state index in [0.29, 0.717) is 6.54 Å². The number of nitrogens with zero attached hydrogens (tertiary/aromatic N) is 1. The number of carbonyl (C=O) groups is 1. The minimum Gasteiger partial charge on any atom is -0.328 e. The molecule has 3 heteroatoms. The first-order valence-electron chi connectivity index (χ1n) is 4.73. The number of rotatable bonds is 2. The van der Waals surface area contributed by atoms with Crippen molar-refractivity contribution < 1.29 is 4.79 Å². The maximum atomic E-state index is 11.5. The van der Waals surface area contributed by atoms with Crippen molar-refractivity contribution in [2.24, 2.45) is 0 Å². The number of amides is 2. The number of carbonyl (C=O) groups excluding carboxylic acids is 1. The molecule has 0 unspecified atom stereocenters. The summed E-state index contributed by atoms with van der Waals surface area (Å²) in [5.41, 5.74) is 1.95. The molecule has 1 aromatic rings. The van der Waals surface area contributed by atoms with Crippen molar-refractivity contribution in [2.45, 2.75) is 13.8 Å². The summed E-state index contributed by atoms with van der Waals surface area (Å²) in [5.74, 6) is 0. The Morgan fingerprint density at radius 3 is 2.64 bits per heavy atom. The molecule has 1 rings (SSSR count). The summed E-state index contributed by atoms with van der Waals surface area (Å²) >= 11 is 0. The number of urea groups is 1. The predicted octanol–water partition coefficient (Wildman–Crippen LogP) is 2.48. The monoisotopic (exact) mass is 192 g/mol. The van der Waals surface area contributed by atoms with E-state index in [1.807, 2.05) is 38.1 Å². The highest BCUT2D eigenvalue weighted by Crippen LogP contribution is 2.13. The third-order valence-corrected chi connectivity index (χ3v) is 2.21. The average Bonchev–Trinajstić information content (AvgIpc) is 2.20. The first-order valence-corrected chi connectivity index (χ1v) is 4.73. The highest BCUT2D eigenvalue weighted by Gasteiger charge is 2.06. The molecule has 0 atom stereocenters. The molecule has 0 saturated carbocycles. The zero-order chi connectivity index (χ0) is 10.6. The largest absolute Gasteiger partial charge is 0.328 e. The second-order valence-electron chi connectivity index (χ2n) is 3.26. The Morgan fingerprint density at radius 1 is 1.43 bits per heavy atom. The summed E-state index contributed by atoms with van der Waals surface area (Å²) in [6.07, 6.45) is 0. The summed E-state index contributed by atoms with van der Waals surface area (Å²) in [4.78, 5) is 13.1. The van der Waals surface area contributed by atoms with Gasteiger partial charge in [-0.05, 0) is 25.5 Å². The minimum atomic E-state index is -0.0678. The van der Waals surface area contributed by atoms with Crippen LogP contribution in [0.5, 0.6) is 0 Å². The molecule has 3 nitrogen and oxygen atoms in total. The Labute approximate surface area is 84.7 Å². The van der Waals surface area contributed by atoms with Crippen molar-refractivity contribution in [3.8, 4) is 0 Å². The summed E-state index contributed by atoms with van der Waals surface area (Å²) in [6.45, 7) is 4.62. The van der Waals surface area contributed by atoms with Crippen molar-refractivity contribution in [3.05, 3.63) is 29.8 Å². The Kier molecular flexibility index (Phi) is 3.51. The highest BCUT2D eigenvalue weighted by atomic mass is 16.2. The molecular formula is C11H16N2O. The summed E-state index contributed by atoms with van der Waals surface area (Å²) in [6, 6.07) is 7.67. The van der Waals surface area contributed by atoms with Gasteiger partial charge in [-0.3, -0.25) is 0 Å².